The number of aromatic nitrogens is 3. The molecule has 1 aliphatic carbocycles. The molecule has 0 bridgehead atoms. The van der Waals surface area contributed by atoms with E-state index in [-0.39, 0.29) is 17.9 Å². The topological polar surface area (TPSA) is 56.9 Å². The van der Waals surface area contributed by atoms with E-state index in [9.17, 15) is 9.59 Å². The number of hydrogen-bond donors (Lipinski definition) is 0. The number of carbonyl (C=O) groups excluding carboxylic acids is 1. The fraction of sp³-hybridized carbons (Fsp3) is 0.292. The van der Waals surface area contributed by atoms with Crippen molar-refractivity contribution in [1.82, 2.24) is 14.1 Å². The number of benzene rings is 1. The summed E-state index contributed by atoms with van der Waals surface area (Å²) in [5.74, 6) is -0.0716. The second-order valence-corrected chi connectivity index (χ2v) is 9.03. The fourth-order valence-electron chi connectivity index (χ4n) is 4.55. The second kappa shape index (κ2) is 7.36. The summed E-state index contributed by atoms with van der Waals surface area (Å²) in [7, 11) is 0. The summed E-state index contributed by atoms with van der Waals surface area (Å²) in [6, 6.07) is 11.9. The van der Waals surface area contributed by atoms with E-state index < -0.39 is 0 Å². The van der Waals surface area contributed by atoms with E-state index in [0.717, 1.165) is 52.1 Å². The molecule has 3 aromatic heterocycles. The van der Waals surface area contributed by atoms with E-state index in [0.29, 0.717) is 5.56 Å². The lowest BCUT2D eigenvalue weighted by molar-refractivity contribution is 0.0970. The first kappa shape index (κ1) is 19.0. The third-order valence-corrected chi connectivity index (χ3v) is 7.20. The molecule has 0 unspecified atom stereocenters. The zero-order valence-corrected chi connectivity index (χ0v) is 18.0. The van der Waals surface area contributed by atoms with Crippen molar-refractivity contribution in [3.05, 3.63) is 80.5 Å². The van der Waals surface area contributed by atoms with Crippen molar-refractivity contribution in [2.45, 2.75) is 46.1 Å². The molecule has 0 aliphatic heterocycles. The van der Waals surface area contributed by atoms with Crippen LogP contribution in [0.2, 0.25) is 0 Å². The number of para-hydroxylation sites is 1. The van der Waals surface area contributed by atoms with Crippen LogP contribution in [0.5, 0.6) is 0 Å². The number of ketones is 1. The molecule has 0 radical (unpaired) electrons. The maximum atomic E-state index is 13.2. The van der Waals surface area contributed by atoms with Gasteiger partial charge in [0, 0.05) is 27.5 Å². The normalized spacial score (nSPS) is 13.5. The third kappa shape index (κ3) is 3.03. The molecule has 0 saturated heterocycles. The summed E-state index contributed by atoms with van der Waals surface area (Å²) in [5.41, 5.74) is 4.62. The Labute approximate surface area is 178 Å². The zero-order valence-electron chi connectivity index (χ0n) is 17.1. The van der Waals surface area contributed by atoms with Gasteiger partial charge in [-0.2, -0.15) is 0 Å². The number of hydrogen-bond acceptors (Lipinski definition) is 4. The maximum absolute atomic E-state index is 13.2. The smallest absolute Gasteiger partial charge is 0.262 e. The lowest BCUT2D eigenvalue weighted by atomic mass is 9.97. The first-order valence-corrected chi connectivity index (χ1v) is 11.1. The second-order valence-electron chi connectivity index (χ2n) is 7.95. The van der Waals surface area contributed by atoms with Gasteiger partial charge in [-0.15, -0.1) is 11.3 Å². The van der Waals surface area contributed by atoms with Gasteiger partial charge in [-0.05, 0) is 63.3 Å². The quantitative estimate of drug-likeness (QED) is 0.455. The Kier molecular flexibility index (Phi) is 4.66. The SMILES string of the molecule is Cc1cc(C(=O)Cn2cnc3sc4c(c3c2=O)CCCC4)c(C)n1-c1ccccc1. The maximum Gasteiger partial charge on any atom is 0.262 e. The van der Waals surface area contributed by atoms with Gasteiger partial charge in [-0.3, -0.25) is 14.2 Å². The number of rotatable bonds is 4. The van der Waals surface area contributed by atoms with Gasteiger partial charge in [0.15, 0.2) is 5.78 Å². The van der Waals surface area contributed by atoms with E-state index in [4.69, 9.17) is 0 Å². The molecule has 0 atom stereocenters. The summed E-state index contributed by atoms with van der Waals surface area (Å²) in [6.07, 6.45) is 5.77. The molecular weight excluding hydrogens is 394 g/mol. The summed E-state index contributed by atoms with van der Waals surface area (Å²) in [6.45, 7) is 3.95. The van der Waals surface area contributed by atoms with Crippen LogP contribution < -0.4 is 5.56 Å². The van der Waals surface area contributed by atoms with Gasteiger partial charge in [0.2, 0.25) is 0 Å². The molecule has 3 heterocycles. The van der Waals surface area contributed by atoms with Crippen LogP contribution in [-0.2, 0) is 19.4 Å². The Hall–Kier alpha value is -2.99. The molecule has 0 spiro atoms. The average Bonchev–Trinajstić information content (AvgIpc) is 3.28. The minimum absolute atomic E-state index is 0.00543. The molecule has 0 fully saturated rings. The summed E-state index contributed by atoms with van der Waals surface area (Å²) in [5, 5.41) is 0.722. The van der Waals surface area contributed by atoms with Crippen LogP contribution >= 0.6 is 11.3 Å². The first-order valence-electron chi connectivity index (χ1n) is 10.3. The van der Waals surface area contributed by atoms with Crippen LogP contribution in [0.4, 0.5) is 0 Å². The highest BCUT2D eigenvalue weighted by atomic mass is 32.1. The summed E-state index contributed by atoms with van der Waals surface area (Å²) in [4.78, 5) is 32.9. The largest absolute Gasteiger partial charge is 0.318 e. The van der Waals surface area contributed by atoms with Crippen LogP contribution in [0.1, 0.15) is 45.0 Å². The van der Waals surface area contributed by atoms with Crippen LogP contribution in [0, 0.1) is 13.8 Å². The van der Waals surface area contributed by atoms with Gasteiger partial charge in [0.25, 0.3) is 5.56 Å². The molecule has 0 amide bonds. The predicted octanol–water partition coefficient (Wildman–Crippen LogP) is 4.63. The van der Waals surface area contributed by atoms with Gasteiger partial charge < -0.3 is 4.57 Å². The number of thiophene rings is 1. The minimum Gasteiger partial charge on any atom is -0.318 e. The molecule has 4 aromatic rings. The Morgan fingerprint density at radius 1 is 1.13 bits per heavy atom. The van der Waals surface area contributed by atoms with Crippen molar-refractivity contribution in [2.75, 3.05) is 0 Å². The molecule has 0 N–H and O–H groups in total. The standard InChI is InChI=1S/C24H23N3O2S/c1-15-12-19(16(2)27(15)17-8-4-3-5-9-17)20(28)13-26-14-25-23-22(24(26)29)18-10-6-7-11-21(18)30-23/h3-5,8-9,12,14H,6-7,10-11,13H2,1-2H3. The van der Waals surface area contributed by atoms with Crippen molar-refractivity contribution in [3.63, 3.8) is 0 Å². The highest BCUT2D eigenvalue weighted by Gasteiger charge is 2.22. The van der Waals surface area contributed by atoms with Gasteiger partial charge in [-0.1, -0.05) is 18.2 Å². The number of carbonyl (C=O) groups is 1. The van der Waals surface area contributed by atoms with Crippen LogP contribution in [-0.4, -0.2) is 19.9 Å². The molecule has 6 heteroatoms. The fourth-order valence-corrected chi connectivity index (χ4v) is 5.77. The molecule has 0 saturated carbocycles. The number of nitrogens with zero attached hydrogens (tertiary/aromatic N) is 3. The van der Waals surface area contributed by atoms with Crippen molar-refractivity contribution >= 4 is 27.3 Å². The predicted molar refractivity (Wildman–Crippen MR) is 120 cm³/mol. The first-order chi connectivity index (χ1) is 14.5. The van der Waals surface area contributed by atoms with Gasteiger partial charge >= 0.3 is 0 Å². The van der Waals surface area contributed by atoms with Crippen LogP contribution in [0.3, 0.4) is 0 Å². The van der Waals surface area contributed by atoms with E-state index >= 15 is 0 Å². The van der Waals surface area contributed by atoms with Crippen molar-refractivity contribution in [2.24, 2.45) is 0 Å². The van der Waals surface area contributed by atoms with Gasteiger partial charge in [0.05, 0.1) is 18.3 Å². The van der Waals surface area contributed by atoms with Crippen molar-refractivity contribution in [1.29, 1.82) is 0 Å². The number of aryl methyl sites for hydroxylation is 3. The summed E-state index contributed by atoms with van der Waals surface area (Å²) < 4.78 is 3.55. The number of fused-ring (bicyclic) bond motifs is 3. The van der Waals surface area contributed by atoms with E-state index in [1.54, 1.807) is 11.3 Å². The molecule has 5 nitrogen and oxygen atoms in total. The van der Waals surface area contributed by atoms with Gasteiger partial charge in [0.1, 0.15) is 4.83 Å². The van der Waals surface area contributed by atoms with Crippen LogP contribution in [0.25, 0.3) is 15.9 Å². The van der Waals surface area contributed by atoms with Crippen molar-refractivity contribution < 1.29 is 4.79 Å². The molecule has 5 rings (SSSR count). The Balaban J connectivity index is 1.51. The monoisotopic (exact) mass is 417 g/mol. The Bertz CT molecular complexity index is 1330. The van der Waals surface area contributed by atoms with E-state index in [1.165, 1.54) is 22.2 Å². The molecule has 30 heavy (non-hydrogen) atoms. The third-order valence-electron chi connectivity index (χ3n) is 6.00. The summed E-state index contributed by atoms with van der Waals surface area (Å²) >= 11 is 1.63. The molecular formula is C24H23N3O2S. The van der Waals surface area contributed by atoms with E-state index in [1.807, 2.05) is 50.2 Å². The number of Topliss-reactive ketones (excluding diaryl/α,β-unsaturated/α-hetero) is 1. The molecule has 1 aromatic carbocycles. The lowest BCUT2D eigenvalue weighted by Crippen LogP contribution is -2.25. The van der Waals surface area contributed by atoms with E-state index in [2.05, 4.69) is 9.55 Å². The van der Waals surface area contributed by atoms with Crippen LogP contribution in [0.15, 0.2) is 47.5 Å². The molecule has 1 aliphatic rings. The van der Waals surface area contributed by atoms with Crippen molar-refractivity contribution in [3.8, 4) is 5.69 Å². The lowest BCUT2D eigenvalue weighted by Gasteiger charge is -2.11. The Morgan fingerprint density at radius 3 is 2.70 bits per heavy atom. The highest BCUT2D eigenvalue weighted by molar-refractivity contribution is 7.18. The highest BCUT2D eigenvalue weighted by Crippen LogP contribution is 2.33. The zero-order chi connectivity index (χ0) is 20.8. The Morgan fingerprint density at radius 2 is 1.90 bits per heavy atom. The molecule has 152 valence electrons. The minimum atomic E-state index is -0.0929. The van der Waals surface area contributed by atoms with Gasteiger partial charge in [-0.25, -0.2) is 4.98 Å². The average molecular weight is 418 g/mol.